The van der Waals surface area contributed by atoms with Gasteiger partial charge in [0.1, 0.15) is 0 Å². The number of nitrogens with zero attached hydrogens (tertiary/aromatic N) is 1. The number of anilines is 2. The van der Waals surface area contributed by atoms with Crippen molar-refractivity contribution in [2.75, 3.05) is 17.3 Å². The van der Waals surface area contributed by atoms with Gasteiger partial charge in [0.05, 0.1) is 22.8 Å². The van der Waals surface area contributed by atoms with Crippen LogP contribution in [0.15, 0.2) is 60.0 Å². The van der Waals surface area contributed by atoms with Gasteiger partial charge in [-0.05, 0) is 30.7 Å². The molecule has 80 valence electrons. The Kier molecular flexibility index (Phi) is 2.07. The van der Waals surface area contributed by atoms with Crippen LogP contribution in [0, 0.1) is 0 Å². The van der Waals surface area contributed by atoms with Crippen LogP contribution in [0.4, 0.5) is 11.4 Å². The van der Waals surface area contributed by atoms with E-state index in [0.29, 0.717) is 0 Å². The zero-order chi connectivity index (χ0) is 11.0. The maximum Gasteiger partial charge on any atom is 0.0647 e. The standard InChI is InChI=1S/C14H14N2/c1-16-13-9-4-2-3-7-11(13)15-12-8-5-6-10-14(12)16/h3-10,15H,2H2,1H3. The summed E-state index contributed by atoms with van der Waals surface area (Å²) < 4.78 is 0. The first-order valence-electron chi connectivity index (χ1n) is 5.53. The molecule has 0 bridgehead atoms. The van der Waals surface area contributed by atoms with Crippen LogP contribution < -0.4 is 10.2 Å². The largest absolute Gasteiger partial charge is 0.352 e. The SMILES string of the molecule is CN1C2=C(C=CCC=C2)Nc2ccccc21. The number of hydrogen-bond donors (Lipinski definition) is 1. The first-order chi connectivity index (χ1) is 7.86. The molecule has 0 aromatic heterocycles. The second kappa shape index (κ2) is 3.56. The molecule has 1 N–H and O–H groups in total. The molecular weight excluding hydrogens is 196 g/mol. The Labute approximate surface area is 95.6 Å². The molecule has 0 saturated heterocycles. The van der Waals surface area contributed by atoms with E-state index in [1.54, 1.807) is 0 Å². The number of para-hydroxylation sites is 2. The number of allylic oxidation sites excluding steroid dienone is 4. The van der Waals surface area contributed by atoms with E-state index >= 15 is 0 Å². The van der Waals surface area contributed by atoms with Crippen LogP contribution in [0.5, 0.6) is 0 Å². The van der Waals surface area contributed by atoms with Gasteiger partial charge < -0.3 is 10.2 Å². The van der Waals surface area contributed by atoms with Gasteiger partial charge in [0.2, 0.25) is 0 Å². The lowest BCUT2D eigenvalue weighted by Gasteiger charge is -2.30. The fourth-order valence-corrected chi connectivity index (χ4v) is 2.16. The van der Waals surface area contributed by atoms with Crippen LogP contribution in [-0.2, 0) is 0 Å². The molecule has 2 heteroatoms. The zero-order valence-corrected chi connectivity index (χ0v) is 9.27. The van der Waals surface area contributed by atoms with Crippen molar-refractivity contribution in [3.8, 4) is 0 Å². The lowest BCUT2D eigenvalue weighted by molar-refractivity contribution is 1.09. The average molecular weight is 210 g/mol. The van der Waals surface area contributed by atoms with Gasteiger partial charge >= 0.3 is 0 Å². The summed E-state index contributed by atoms with van der Waals surface area (Å²) in [5, 5.41) is 3.47. The van der Waals surface area contributed by atoms with Crippen molar-refractivity contribution in [1.29, 1.82) is 0 Å². The monoisotopic (exact) mass is 210 g/mol. The first-order valence-corrected chi connectivity index (χ1v) is 5.53. The smallest absolute Gasteiger partial charge is 0.0647 e. The fraction of sp³-hybridized carbons (Fsp3) is 0.143. The summed E-state index contributed by atoms with van der Waals surface area (Å²) in [5.74, 6) is 0. The molecule has 1 heterocycles. The number of likely N-dealkylation sites (N-methyl/N-ethyl adjacent to an activating group) is 1. The number of rotatable bonds is 0. The summed E-state index contributed by atoms with van der Waals surface area (Å²) >= 11 is 0. The van der Waals surface area contributed by atoms with Crippen LogP contribution in [0.25, 0.3) is 0 Å². The van der Waals surface area contributed by atoms with Gasteiger partial charge in [-0.2, -0.15) is 0 Å². The lowest BCUT2D eigenvalue weighted by Crippen LogP contribution is -2.24. The molecule has 2 nitrogen and oxygen atoms in total. The summed E-state index contributed by atoms with van der Waals surface area (Å²) in [6, 6.07) is 8.37. The molecule has 1 aliphatic carbocycles. The molecule has 1 aliphatic heterocycles. The first kappa shape index (κ1) is 9.28. The molecule has 0 amide bonds. The van der Waals surface area contributed by atoms with E-state index in [4.69, 9.17) is 0 Å². The van der Waals surface area contributed by atoms with Crippen LogP contribution in [0.2, 0.25) is 0 Å². The lowest BCUT2D eigenvalue weighted by atomic mass is 10.1. The molecular formula is C14H14N2. The molecule has 1 aromatic rings. The molecule has 0 atom stereocenters. The Bertz CT molecular complexity index is 509. The molecule has 0 saturated carbocycles. The Hall–Kier alpha value is -1.96. The van der Waals surface area contributed by atoms with Gasteiger partial charge in [-0.1, -0.05) is 24.3 Å². The normalized spacial score (nSPS) is 17.7. The molecule has 0 fully saturated rings. The number of hydrogen-bond acceptors (Lipinski definition) is 2. The van der Waals surface area contributed by atoms with Crippen molar-refractivity contribution in [3.63, 3.8) is 0 Å². The maximum absolute atomic E-state index is 3.47. The number of benzene rings is 1. The molecule has 2 aliphatic rings. The van der Waals surface area contributed by atoms with E-state index in [0.717, 1.165) is 6.42 Å². The highest BCUT2D eigenvalue weighted by molar-refractivity contribution is 5.79. The second-order valence-corrected chi connectivity index (χ2v) is 4.04. The van der Waals surface area contributed by atoms with Crippen LogP contribution in [-0.4, -0.2) is 7.05 Å². The quantitative estimate of drug-likeness (QED) is 0.707. The molecule has 3 rings (SSSR count). The highest BCUT2D eigenvalue weighted by Crippen LogP contribution is 2.35. The zero-order valence-electron chi connectivity index (χ0n) is 9.27. The molecule has 1 aromatic carbocycles. The molecule has 0 radical (unpaired) electrons. The van der Waals surface area contributed by atoms with Gasteiger partial charge in [0, 0.05) is 7.05 Å². The minimum absolute atomic E-state index is 0.999. The van der Waals surface area contributed by atoms with Crippen molar-refractivity contribution in [1.82, 2.24) is 0 Å². The molecule has 0 spiro atoms. The third-order valence-electron chi connectivity index (χ3n) is 3.00. The third kappa shape index (κ3) is 1.34. The minimum atomic E-state index is 0.999. The summed E-state index contributed by atoms with van der Waals surface area (Å²) in [5.41, 5.74) is 4.80. The Morgan fingerprint density at radius 3 is 2.88 bits per heavy atom. The van der Waals surface area contributed by atoms with Crippen molar-refractivity contribution < 1.29 is 0 Å². The second-order valence-electron chi connectivity index (χ2n) is 4.04. The summed E-state index contributed by atoms with van der Waals surface area (Å²) in [7, 11) is 2.11. The van der Waals surface area contributed by atoms with E-state index < -0.39 is 0 Å². The Morgan fingerprint density at radius 2 is 1.94 bits per heavy atom. The van der Waals surface area contributed by atoms with Gasteiger partial charge in [-0.3, -0.25) is 0 Å². The average Bonchev–Trinajstić information content (AvgIpc) is 2.55. The highest BCUT2D eigenvalue weighted by Gasteiger charge is 2.19. The van der Waals surface area contributed by atoms with Crippen LogP contribution in [0.3, 0.4) is 0 Å². The molecule has 16 heavy (non-hydrogen) atoms. The van der Waals surface area contributed by atoms with Gasteiger partial charge in [0.15, 0.2) is 0 Å². The van der Waals surface area contributed by atoms with E-state index in [2.05, 4.69) is 65.8 Å². The van der Waals surface area contributed by atoms with Crippen molar-refractivity contribution in [2.45, 2.75) is 6.42 Å². The summed E-state index contributed by atoms with van der Waals surface area (Å²) in [6.45, 7) is 0. The topological polar surface area (TPSA) is 15.3 Å². The van der Waals surface area contributed by atoms with Gasteiger partial charge in [-0.15, -0.1) is 0 Å². The highest BCUT2D eigenvalue weighted by atomic mass is 15.2. The van der Waals surface area contributed by atoms with Gasteiger partial charge in [-0.25, -0.2) is 0 Å². The minimum Gasteiger partial charge on any atom is -0.352 e. The van der Waals surface area contributed by atoms with E-state index in [-0.39, 0.29) is 0 Å². The third-order valence-corrected chi connectivity index (χ3v) is 3.00. The summed E-state index contributed by atoms with van der Waals surface area (Å²) in [6.07, 6.45) is 9.69. The Morgan fingerprint density at radius 1 is 1.12 bits per heavy atom. The predicted molar refractivity (Wildman–Crippen MR) is 68.4 cm³/mol. The fourth-order valence-electron chi connectivity index (χ4n) is 2.16. The van der Waals surface area contributed by atoms with Crippen LogP contribution >= 0.6 is 0 Å². The Balaban J connectivity index is 2.14. The maximum atomic E-state index is 3.47. The van der Waals surface area contributed by atoms with Crippen molar-refractivity contribution in [3.05, 3.63) is 60.0 Å². The van der Waals surface area contributed by atoms with Crippen molar-refractivity contribution >= 4 is 11.4 Å². The van der Waals surface area contributed by atoms with Crippen molar-refractivity contribution in [2.24, 2.45) is 0 Å². The predicted octanol–water partition coefficient (Wildman–Crippen LogP) is 3.28. The number of fused-ring (bicyclic) bond motifs is 1. The van der Waals surface area contributed by atoms with Crippen LogP contribution in [0.1, 0.15) is 6.42 Å². The number of nitrogens with one attached hydrogen (secondary N) is 1. The van der Waals surface area contributed by atoms with E-state index in [1.807, 2.05) is 0 Å². The van der Waals surface area contributed by atoms with E-state index in [9.17, 15) is 0 Å². The molecule has 0 unspecified atom stereocenters. The van der Waals surface area contributed by atoms with Gasteiger partial charge in [0.25, 0.3) is 0 Å². The van der Waals surface area contributed by atoms with E-state index in [1.165, 1.54) is 22.8 Å². The summed E-state index contributed by atoms with van der Waals surface area (Å²) in [4.78, 5) is 2.23.